The minimum Gasteiger partial charge on any atom is -0.328 e. The number of halogens is 1. The summed E-state index contributed by atoms with van der Waals surface area (Å²) < 4.78 is 32.3. The zero-order chi connectivity index (χ0) is 14.0. The molecule has 19 heavy (non-hydrogen) atoms. The van der Waals surface area contributed by atoms with Crippen molar-refractivity contribution in [2.24, 2.45) is 4.36 Å². The van der Waals surface area contributed by atoms with Crippen LogP contribution in [0.4, 0.5) is 4.39 Å². The van der Waals surface area contributed by atoms with E-state index in [2.05, 4.69) is 14.5 Å². The SMILES string of the molecule is CS(C)(=O)=NC(=O)c1nc(-c2ccc(F)cc2)no1. The van der Waals surface area contributed by atoms with Gasteiger partial charge in [0.15, 0.2) is 0 Å². The molecule has 1 amide bonds. The highest BCUT2D eigenvalue weighted by molar-refractivity contribution is 7.92. The highest BCUT2D eigenvalue weighted by Crippen LogP contribution is 2.16. The second-order valence-electron chi connectivity index (χ2n) is 4.01. The van der Waals surface area contributed by atoms with E-state index in [-0.39, 0.29) is 11.7 Å². The lowest BCUT2D eigenvalue weighted by atomic mass is 10.2. The Labute approximate surface area is 108 Å². The van der Waals surface area contributed by atoms with E-state index in [1.165, 1.54) is 36.8 Å². The molecule has 8 heteroatoms. The number of hydrogen-bond acceptors (Lipinski definition) is 5. The predicted octanol–water partition coefficient (Wildman–Crippen LogP) is 1.74. The van der Waals surface area contributed by atoms with Crippen LogP contribution in [0.2, 0.25) is 0 Å². The van der Waals surface area contributed by atoms with Gasteiger partial charge in [0.25, 0.3) is 0 Å². The van der Waals surface area contributed by atoms with Crippen molar-refractivity contribution in [3.8, 4) is 11.4 Å². The Balaban J connectivity index is 2.32. The first kappa shape index (κ1) is 13.3. The Hall–Kier alpha value is -2.09. The summed E-state index contributed by atoms with van der Waals surface area (Å²) >= 11 is 0. The first-order valence-electron chi connectivity index (χ1n) is 5.16. The molecule has 2 rings (SSSR count). The number of hydrogen-bond donors (Lipinski definition) is 0. The Morgan fingerprint density at radius 2 is 1.95 bits per heavy atom. The maximum absolute atomic E-state index is 12.8. The lowest BCUT2D eigenvalue weighted by Gasteiger charge is -1.92. The van der Waals surface area contributed by atoms with Gasteiger partial charge in [-0.1, -0.05) is 5.16 Å². The molecule has 1 aromatic heterocycles. The minimum atomic E-state index is -2.58. The second kappa shape index (κ2) is 4.88. The van der Waals surface area contributed by atoms with Crippen molar-refractivity contribution < 1.29 is 17.9 Å². The monoisotopic (exact) mass is 283 g/mol. The van der Waals surface area contributed by atoms with E-state index < -0.39 is 21.5 Å². The molecule has 0 saturated carbocycles. The third kappa shape index (κ3) is 3.44. The summed E-state index contributed by atoms with van der Waals surface area (Å²) in [6.07, 6.45) is 2.64. The quantitative estimate of drug-likeness (QED) is 0.838. The first-order valence-corrected chi connectivity index (χ1v) is 7.49. The summed E-state index contributed by atoms with van der Waals surface area (Å²) in [5.41, 5.74) is 0.498. The molecule has 1 aromatic carbocycles. The Bertz CT molecular complexity index is 722. The molecule has 0 aliphatic carbocycles. The van der Waals surface area contributed by atoms with Crippen LogP contribution in [-0.2, 0) is 9.73 Å². The third-order valence-electron chi connectivity index (χ3n) is 2.01. The summed E-state index contributed by atoms with van der Waals surface area (Å²) in [5, 5.41) is 3.59. The van der Waals surface area contributed by atoms with Gasteiger partial charge < -0.3 is 4.52 Å². The van der Waals surface area contributed by atoms with Crippen LogP contribution in [0.5, 0.6) is 0 Å². The maximum atomic E-state index is 12.8. The topological polar surface area (TPSA) is 85.4 Å². The molecule has 0 bridgehead atoms. The third-order valence-corrected chi connectivity index (χ3v) is 2.62. The summed E-state index contributed by atoms with van der Waals surface area (Å²) in [6.45, 7) is 0. The van der Waals surface area contributed by atoms with Crippen molar-refractivity contribution in [3.05, 3.63) is 36.0 Å². The van der Waals surface area contributed by atoms with Crippen LogP contribution in [0.15, 0.2) is 33.2 Å². The lowest BCUT2D eigenvalue weighted by molar-refractivity contribution is 0.0963. The molecule has 0 atom stereocenters. The van der Waals surface area contributed by atoms with Crippen LogP contribution in [-0.4, -0.2) is 32.8 Å². The molecule has 0 aliphatic heterocycles. The molecule has 0 radical (unpaired) electrons. The van der Waals surface area contributed by atoms with Gasteiger partial charge in [-0.15, -0.1) is 0 Å². The molecule has 6 nitrogen and oxygen atoms in total. The van der Waals surface area contributed by atoms with E-state index in [1.54, 1.807) is 0 Å². The zero-order valence-electron chi connectivity index (χ0n) is 10.2. The van der Waals surface area contributed by atoms with Crippen LogP contribution in [0, 0.1) is 5.82 Å². The van der Waals surface area contributed by atoms with E-state index >= 15 is 0 Å². The van der Waals surface area contributed by atoms with E-state index in [1.807, 2.05) is 0 Å². The van der Waals surface area contributed by atoms with Crippen LogP contribution in [0.1, 0.15) is 10.7 Å². The van der Waals surface area contributed by atoms with E-state index in [9.17, 15) is 13.4 Å². The minimum absolute atomic E-state index is 0.136. The van der Waals surface area contributed by atoms with Gasteiger partial charge in [0, 0.05) is 27.8 Å². The first-order chi connectivity index (χ1) is 8.85. The number of carbonyl (C=O) groups is 1. The van der Waals surface area contributed by atoms with Gasteiger partial charge in [-0.3, -0.25) is 4.79 Å². The van der Waals surface area contributed by atoms with Gasteiger partial charge in [0.1, 0.15) is 5.82 Å². The Kier molecular flexibility index (Phi) is 3.43. The summed E-state index contributed by atoms with van der Waals surface area (Å²) in [6, 6.07) is 5.38. The van der Waals surface area contributed by atoms with Crippen molar-refractivity contribution >= 4 is 15.6 Å². The molecule has 0 aliphatic rings. The zero-order valence-corrected chi connectivity index (χ0v) is 11.0. The Morgan fingerprint density at radius 1 is 1.32 bits per heavy atom. The maximum Gasteiger partial charge on any atom is 0.343 e. The fourth-order valence-electron chi connectivity index (χ4n) is 1.27. The summed E-state index contributed by atoms with van der Waals surface area (Å²) in [4.78, 5) is 15.4. The normalized spacial score (nSPS) is 11.3. The molecule has 0 saturated heterocycles. The standard InChI is InChI=1S/C11H10FN3O3S/c1-19(2,17)15-10(16)11-13-9(14-18-11)7-3-5-8(12)6-4-7/h3-6H,1-2H3. The molecule has 0 N–H and O–H groups in total. The average molecular weight is 283 g/mol. The highest BCUT2D eigenvalue weighted by atomic mass is 32.2. The molecular formula is C11H10FN3O3S. The number of carbonyl (C=O) groups excluding carboxylic acids is 1. The van der Waals surface area contributed by atoms with Crippen molar-refractivity contribution in [1.82, 2.24) is 10.1 Å². The van der Waals surface area contributed by atoms with Gasteiger partial charge in [0.05, 0.1) is 0 Å². The smallest absolute Gasteiger partial charge is 0.328 e. The number of benzene rings is 1. The van der Waals surface area contributed by atoms with E-state index in [4.69, 9.17) is 4.52 Å². The summed E-state index contributed by atoms with van der Waals surface area (Å²) in [7, 11) is -2.58. The predicted molar refractivity (Wildman–Crippen MR) is 66.4 cm³/mol. The fraction of sp³-hybridized carbons (Fsp3) is 0.182. The van der Waals surface area contributed by atoms with E-state index in [0.717, 1.165) is 0 Å². The lowest BCUT2D eigenvalue weighted by Crippen LogP contribution is -2.01. The fourth-order valence-corrected chi connectivity index (χ4v) is 1.74. The van der Waals surface area contributed by atoms with Gasteiger partial charge in [0.2, 0.25) is 5.82 Å². The highest BCUT2D eigenvalue weighted by Gasteiger charge is 2.16. The number of aromatic nitrogens is 2. The second-order valence-corrected chi connectivity index (χ2v) is 6.55. The number of nitrogens with zero attached hydrogens (tertiary/aromatic N) is 3. The van der Waals surface area contributed by atoms with Crippen LogP contribution in [0.3, 0.4) is 0 Å². The van der Waals surface area contributed by atoms with Crippen LogP contribution in [0.25, 0.3) is 11.4 Å². The molecule has 0 unspecified atom stereocenters. The number of amides is 1. The van der Waals surface area contributed by atoms with Crippen molar-refractivity contribution in [2.45, 2.75) is 0 Å². The molecule has 1 heterocycles. The van der Waals surface area contributed by atoms with Crippen molar-refractivity contribution in [2.75, 3.05) is 12.5 Å². The van der Waals surface area contributed by atoms with Gasteiger partial charge in [-0.2, -0.15) is 9.35 Å². The molecular weight excluding hydrogens is 273 g/mol. The average Bonchev–Trinajstić information content (AvgIpc) is 2.77. The molecule has 0 spiro atoms. The summed E-state index contributed by atoms with van der Waals surface area (Å²) in [5.74, 6) is -1.45. The van der Waals surface area contributed by atoms with Gasteiger partial charge >= 0.3 is 11.8 Å². The number of rotatable bonds is 2. The molecule has 100 valence electrons. The largest absolute Gasteiger partial charge is 0.343 e. The molecule has 2 aromatic rings. The van der Waals surface area contributed by atoms with Gasteiger partial charge in [-0.05, 0) is 24.3 Å². The van der Waals surface area contributed by atoms with Gasteiger partial charge in [-0.25, -0.2) is 8.60 Å². The van der Waals surface area contributed by atoms with Crippen molar-refractivity contribution in [3.63, 3.8) is 0 Å². The molecule has 0 fully saturated rings. The van der Waals surface area contributed by atoms with Crippen LogP contribution < -0.4 is 0 Å². The van der Waals surface area contributed by atoms with Crippen LogP contribution >= 0.6 is 0 Å². The Morgan fingerprint density at radius 3 is 2.53 bits per heavy atom. The van der Waals surface area contributed by atoms with Crippen molar-refractivity contribution in [1.29, 1.82) is 0 Å². The van der Waals surface area contributed by atoms with E-state index in [0.29, 0.717) is 5.56 Å².